The lowest BCUT2D eigenvalue weighted by Gasteiger charge is -2.33. The van der Waals surface area contributed by atoms with E-state index >= 15 is 0 Å². The maximum absolute atomic E-state index is 6.00. The van der Waals surface area contributed by atoms with Gasteiger partial charge in [-0.05, 0) is 43.0 Å². The number of piperidine rings is 1. The Labute approximate surface area is 141 Å². The average Bonchev–Trinajstić information content (AvgIpc) is 3.02. The zero-order valence-electron chi connectivity index (χ0n) is 13.6. The van der Waals surface area contributed by atoms with Crippen molar-refractivity contribution in [1.82, 2.24) is 10.2 Å². The number of hydrogen-bond acceptors (Lipinski definition) is 4. The number of fused-ring (bicyclic) bond motifs is 1. The van der Waals surface area contributed by atoms with Crippen molar-refractivity contribution in [3.05, 3.63) is 48.5 Å². The third-order valence-corrected chi connectivity index (χ3v) is 4.79. The van der Waals surface area contributed by atoms with E-state index < -0.39 is 0 Å². The van der Waals surface area contributed by atoms with E-state index in [2.05, 4.69) is 45.4 Å². The van der Waals surface area contributed by atoms with Crippen LogP contribution in [-0.4, -0.2) is 29.9 Å². The van der Waals surface area contributed by atoms with Crippen LogP contribution in [0.25, 0.3) is 10.9 Å². The van der Waals surface area contributed by atoms with E-state index in [0.717, 1.165) is 49.2 Å². The Morgan fingerprint density at radius 3 is 2.71 bits per heavy atom. The summed E-state index contributed by atoms with van der Waals surface area (Å²) in [5.74, 6) is 2.01. The van der Waals surface area contributed by atoms with Gasteiger partial charge in [-0.25, -0.2) is 0 Å². The minimum absolute atomic E-state index is 0.532. The highest BCUT2D eigenvalue weighted by Crippen LogP contribution is 2.26. The molecule has 0 bridgehead atoms. The van der Waals surface area contributed by atoms with E-state index in [9.17, 15) is 0 Å². The monoisotopic (exact) mass is 322 g/mol. The molecule has 2 aromatic carbocycles. The second-order valence-corrected chi connectivity index (χ2v) is 6.39. The van der Waals surface area contributed by atoms with Gasteiger partial charge in [0.25, 0.3) is 0 Å². The fraction of sp³-hybridized carbons (Fsp3) is 0.316. The maximum atomic E-state index is 6.00. The molecule has 0 saturated carbocycles. The smallest absolute Gasteiger partial charge is 0.153 e. The second kappa shape index (κ2) is 6.43. The number of H-pyrrole nitrogens is 1. The summed E-state index contributed by atoms with van der Waals surface area (Å²) in [4.78, 5) is 2.45. The molecule has 4 rings (SSSR count). The van der Waals surface area contributed by atoms with E-state index in [1.165, 1.54) is 5.69 Å². The summed E-state index contributed by atoms with van der Waals surface area (Å²) in [7, 11) is 0. The van der Waals surface area contributed by atoms with Gasteiger partial charge in [0.15, 0.2) is 5.82 Å². The van der Waals surface area contributed by atoms with Crippen LogP contribution in [0.4, 0.5) is 11.5 Å². The lowest BCUT2D eigenvalue weighted by molar-refractivity contribution is 0.223. The highest BCUT2D eigenvalue weighted by atomic mass is 16.5. The predicted molar refractivity (Wildman–Crippen MR) is 97.4 cm³/mol. The number of nitrogens with two attached hydrogens (primary N) is 1. The zero-order chi connectivity index (χ0) is 16.4. The molecule has 0 amide bonds. The highest BCUT2D eigenvalue weighted by molar-refractivity contribution is 5.89. The molecule has 3 N–H and O–H groups in total. The van der Waals surface area contributed by atoms with E-state index in [-0.39, 0.29) is 0 Å². The molecule has 0 radical (unpaired) electrons. The van der Waals surface area contributed by atoms with E-state index in [4.69, 9.17) is 10.5 Å². The molecule has 124 valence electrons. The molecule has 5 heteroatoms. The average molecular weight is 322 g/mol. The molecule has 24 heavy (non-hydrogen) atoms. The third kappa shape index (κ3) is 3.02. The number of rotatable bonds is 4. The molecule has 1 fully saturated rings. The van der Waals surface area contributed by atoms with E-state index in [1.807, 2.05) is 18.2 Å². The fourth-order valence-electron chi connectivity index (χ4n) is 3.32. The van der Waals surface area contributed by atoms with Crippen LogP contribution in [0.2, 0.25) is 0 Å². The number of para-hydroxylation sites is 1. The predicted octanol–water partition coefficient (Wildman–Crippen LogP) is 3.44. The van der Waals surface area contributed by atoms with E-state index in [1.54, 1.807) is 0 Å². The van der Waals surface area contributed by atoms with Gasteiger partial charge >= 0.3 is 0 Å². The van der Waals surface area contributed by atoms with Crippen LogP contribution >= 0.6 is 0 Å². The first-order chi connectivity index (χ1) is 11.8. The van der Waals surface area contributed by atoms with Crippen molar-refractivity contribution < 1.29 is 4.74 Å². The first-order valence-electron chi connectivity index (χ1n) is 8.46. The van der Waals surface area contributed by atoms with Crippen molar-refractivity contribution in [3.8, 4) is 5.75 Å². The number of nitrogen functional groups attached to an aromatic ring is 1. The van der Waals surface area contributed by atoms with Gasteiger partial charge in [0, 0.05) is 30.2 Å². The Balaban J connectivity index is 1.32. The summed E-state index contributed by atoms with van der Waals surface area (Å²) in [6, 6.07) is 16.5. The van der Waals surface area contributed by atoms with Crippen molar-refractivity contribution in [2.45, 2.75) is 12.8 Å². The fourth-order valence-corrected chi connectivity index (χ4v) is 3.32. The van der Waals surface area contributed by atoms with Crippen LogP contribution in [-0.2, 0) is 0 Å². The number of nitrogens with one attached hydrogen (secondary N) is 1. The van der Waals surface area contributed by atoms with Gasteiger partial charge in [0.1, 0.15) is 5.75 Å². The third-order valence-electron chi connectivity index (χ3n) is 4.79. The zero-order valence-corrected chi connectivity index (χ0v) is 13.6. The van der Waals surface area contributed by atoms with Gasteiger partial charge in [-0.2, -0.15) is 5.10 Å². The number of nitrogens with zero attached hydrogens (tertiary/aromatic N) is 2. The Morgan fingerprint density at radius 2 is 1.92 bits per heavy atom. The van der Waals surface area contributed by atoms with Crippen LogP contribution in [0, 0.1) is 5.92 Å². The Bertz CT molecular complexity index is 807. The molecule has 0 atom stereocenters. The van der Waals surface area contributed by atoms with Crippen LogP contribution in [0.15, 0.2) is 48.5 Å². The summed E-state index contributed by atoms with van der Waals surface area (Å²) in [5.41, 5.74) is 8.03. The number of hydrogen-bond donors (Lipinski definition) is 2. The van der Waals surface area contributed by atoms with E-state index in [0.29, 0.717) is 11.7 Å². The van der Waals surface area contributed by atoms with Gasteiger partial charge in [-0.15, -0.1) is 0 Å². The Morgan fingerprint density at radius 1 is 1.12 bits per heavy atom. The first-order valence-corrected chi connectivity index (χ1v) is 8.46. The molecular formula is C19H22N4O. The van der Waals surface area contributed by atoms with Gasteiger partial charge in [0.2, 0.25) is 0 Å². The standard InChI is InChI=1S/C19H22N4O/c20-19-17-7-6-16(12-18(17)21-22-19)24-13-14-8-10-23(11-9-14)15-4-2-1-3-5-15/h1-7,12,14H,8-11,13H2,(H3,20,21,22). The number of benzene rings is 2. The molecule has 0 aliphatic carbocycles. The van der Waals surface area contributed by atoms with Crippen molar-refractivity contribution in [2.75, 3.05) is 30.3 Å². The number of aromatic nitrogens is 2. The highest BCUT2D eigenvalue weighted by Gasteiger charge is 2.20. The SMILES string of the molecule is Nc1n[nH]c2cc(OCC3CCN(c4ccccc4)CC3)ccc12. The second-order valence-electron chi connectivity index (χ2n) is 6.39. The van der Waals surface area contributed by atoms with Crippen LogP contribution in [0.1, 0.15) is 12.8 Å². The van der Waals surface area contributed by atoms with Crippen LogP contribution < -0.4 is 15.4 Å². The number of ether oxygens (including phenoxy) is 1. The Hall–Kier alpha value is -2.69. The maximum Gasteiger partial charge on any atom is 0.153 e. The summed E-state index contributed by atoms with van der Waals surface area (Å²) in [5, 5.41) is 7.89. The summed E-state index contributed by atoms with van der Waals surface area (Å²) >= 11 is 0. The van der Waals surface area contributed by atoms with Crippen molar-refractivity contribution in [1.29, 1.82) is 0 Å². The minimum atomic E-state index is 0.532. The topological polar surface area (TPSA) is 67.2 Å². The summed E-state index contributed by atoms with van der Waals surface area (Å²) in [6.07, 6.45) is 2.32. The van der Waals surface area contributed by atoms with Crippen LogP contribution in [0.3, 0.4) is 0 Å². The van der Waals surface area contributed by atoms with Crippen LogP contribution in [0.5, 0.6) is 5.75 Å². The van der Waals surface area contributed by atoms with Gasteiger partial charge in [-0.1, -0.05) is 18.2 Å². The largest absolute Gasteiger partial charge is 0.493 e. The van der Waals surface area contributed by atoms with Crippen molar-refractivity contribution in [2.24, 2.45) is 5.92 Å². The van der Waals surface area contributed by atoms with Crippen molar-refractivity contribution in [3.63, 3.8) is 0 Å². The molecular weight excluding hydrogens is 300 g/mol. The molecule has 5 nitrogen and oxygen atoms in total. The molecule has 1 saturated heterocycles. The molecule has 1 aliphatic rings. The Kier molecular flexibility index (Phi) is 3.99. The van der Waals surface area contributed by atoms with Gasteiger partial charge in [0.05, 0.1) is 12.1 Å². The lowest BCUT2D eigenvalue weighted by atomic mass is 9.97. The molecule has 0 spiro atoms. The van der Waals surface area contributed by atoms with Gasteiger partial charge < -0.3 is 15.4 Å². The molecule has 0 unspecified atom stereocenters. The number of anilines is 2. The molecule has 2 heterocycles. The quantitative estimate of drug-likeness (QED) is 0.772. The molecule has 3 aromatic rings. The summed E-state index contributed by atoms with van der Waals surface area (Å²) < 4.78 is 6.00. The minimum Gasteiger partial charge on any atom is -0.493 e. The number of aromatic amines is 1. The lowest BCUT2D eigenvalue weighted by Crippen LogP contribution is -2.35. The summed E-state index contributed by atoms with van der Waals surface area (Å²) in [6.45, 7) is 2.94. The van der Waals surface area contributed by atoms with Crippen molar-refractivity contribution >= 4 is 22.4 Å². The first kappa shape index (κ1) is 14.9. The molecule has 1 aliphatic heterocycles. The molecule has 1 aromatic heterocycles. The normalized spacial score (nSPS) is 15.8. The van der Waals surface area contributed by atoms with Gasteiger partial charge in [-0.3, -0.25) is 5.10 Å².